The van der Waals surface area contributed by atoms with Crippen LogP contribution in [0.15, 0.2) is 54.2 Å². The summed E-state index contributed by atoms with van der Waals surface area (Å²) in [6.07, 6.45) is 4.00. The minimum absolute atomic E-state index is 0.00764. The molecule has 0 N–H and O–H groups in total. The van der Waals surface area contributed by atoms with Crippen LogP contribution in [0.25, 0.3) is 11.1 Å². The number of pyridine rings is 1. The highest BCUT2D eigenvalue weighted by molar-refractivity contribution is 7.11. The summed E-state index contributed by atoms with van der Waals surface area (Å²) < 4.78 is 0. The van der Waals surface area contributed by atoms with Crippen LogP contribution in [0.5, 0.6) is 0 Å². The van der Waals surface area contributed by atoms with Gasteiger partial charge < -0.3 is 9.80 Å². The van der Waals surface area contributed by atoms with Gasteiger partial charge in [-0.15, -0.1) is 11.3 Å². The van der Waals surface area contributed by atoms with Crippen LogP contribution in [0.3, 0.4) is 0 Å². The number of hydrogen-bond donors (Lipinski definition) is 0. The Morgan fingerprint density at radius 3 is 2.47 bits per heavy atom. The maximum Gasteiger partial charge on any atom is 0.282 e. The Bertz CT molecular complexity index is 1110. The molecule has 1 atom stereocenters. The highest BCUT2D eigenvalue weighted by atomic mass is 32.1. The maximum absolute atomic E-state index is 12.8. The molecule has 2 aliphatic heterocycles. The number of amides is 2. The first kappa shape index (κ1) is 20.8. The molecule has 2 aromatic heterocycles. The van der Waals surface area contributed by atoms with Gasteiger partial charge in [0.1, 0.15) is 0 Å². The summed E-state index contributed by atoms with van der Waals surface area (Å²) in [5.74, 6) is 0.164. The van der Waals surface area contributed by atoms with Gasteiger partial charge in [-0.3, -0.25) is 19.5 Å². The third-order valence-electron chi connectivity index (χ3n) is 6.25. The fourth-order valence-corrected chi connectivity index (χ4v) is 5.10. The molecule has 2 amide bonds. The number of carbonyl (C=O) groups is 2. The summed E-state index contributed by atoms with van der Waals surface area (Å²) in [5, 5.41) is 2.37. The van der Waals surface area contributed by atoms with Crippen LogP contribution in [0.1, 0.15) is 21.9 Å². The molecule has 5 rings (SSSR count). The molecule has 164 valence electrons. The first-order chi connectivity index (χ1) is 15.6. The highest BCUT2D eigenvalue weighted by Gasteiger charge is 2.36. The summed E-state index contributed by atoms with van der Waals surface area (Å²) in [6.45, 7) is 5.57. The van der Waals surface area contributed by atoms with Crippen molar-refractivity contribution in [3.63, 3.8) is 0 Å². The average Bonchev–Trinajstić information content (AvgIpc) is 3.49. The maximum atomic E-state index is 12.8. The number of nitrogens with zero attached hydrogens (tertiary/aromatic N) is 5. The van der Waals surface area contributed by atoms with Gasteiger partial charge >= 0.3 is 0 Å². The summed E-state index contributed by atoms with van der Waals surface area (Å²) in [4.78, 5) is 39.8. The lowest BCUT2D eigenvalue weighted by atomic mass is 10.1. The van der Waals surface area contributed by atoms with E-state index in [1.54, 1.807) is 6.20 Å². The Morgan fingerprint density at radius 1 is 1.00 bits per heavy atom. The largest absolute Gasteiger partial charge is 0.334 e. The molecule has 0 aliphatic carbocycles. The van der Waals surface area contributed by atoms with Gasteiger partial charge in [-0.05, 0) is 42.3 Å². The second kappa shape index (κ2) is 8.80. The zero-order chi connectivity index (χ0) is 22.1. The Morgan fingerprint density at radius 2 is 1.78 bits per heavy atom. The normalized spacial score (nSPS) is 19.5. The fraction of sp³-hybridized carbons (Fsp3) is 0.333. The molecule has 32 heavy (non-hydrogen) atoms. The number of aryl methyl sites for hydroxylation is 1. The van der Waals surface area contributed by atoms with E-state index < -0.39 is 0 Å². The van der Waals surface area contributed by atoms with Crippen molar-refractivity contribution < 1.29 is 9.59 Å². The molecule has 0 bridgehead atoms. The van der Waals surface area contributed by atoms with E-state index in [0.717, 1.165) is 35.6 Å². The minimum Gasteiger partial charge on any atom is -0.334 e. The van der Waals surface area contributed by atoms with E-state index in [-0.39, 0.29) is 17.9 Å². The number of thiazole rings is 1. The molecule has 7 nitrogen and oxygen atoms in total. The number of carbonyl (C=O) groups excluding carboxylic acids is 2. The first-order valence-electron chi connectivity index (χ1n) is 10.8. The van der Waals surface area contributed by atoms with Gasteiger partial charge in [0.2, 0.25) is 5.91 Å². The molecule has 3 aromatic rings. The Hall–Kier alpha value is -3.10. The Kier molecular flexibility index (Phi) is 5.71. The van der Waals surface area contributed by atoms with Gasteiger partial charge in [-0.1, -0.05) is 12.1 Å². The van der Waals surface area contributed by atoms with Crippen molar-refractivity contribution in [1.82, 2.24) is 19.8 Å². The summed E-state index contributed by atoms with van der Waals surface area (Å²) in [6, 6.07) is 12.4. The van der Waals surface area contributed by atoms with Gasteiger partial charge in [-0.25, -0.2) is 4.98 Å². The molecule has 2 aliphatic rings. The lowest BCUT2D eigenvalue weighted by Crippen LogP contribution is -2.52. The van der Waals surface area contributed by atoms with Crippen LogP contribution >= 0.6 is 11.3 Å². The van der Waals surface area contributed by atoms with E-state index in [9.17, 15) is 9.59 Å². The molecule has 4 heterocycles. The molecule has 1 unspecified atom stereocenters. The Labute approximate surface area is 191 Å². The third-order valence-corrected chi connectivity index (χ3v) is 7.01. The topological polar surface area (TPSA) is 69.6 Å². The number of anilines is 1. The van der Waals surface area contributed by atoms with Crippen molar-refractivity contribution in [2.24, 2.45) is 0 Å². The predicted octanol–water partition coefficient (Wildman–Crippen LogP) is 3.08. The number of benzene rings is 1. The van der Waals surface area contributed by atoms with Gasteiger partial charge in [0.25, 0.3) is 5.91 Å². The predicted molar refractivity (Wildman–Crippen MR) is 125 cm³/mol. The lowest BCUT2D eigenvalue weighted by molar-refractivity contribution is -0.117. The standard InChI is InChI=1S/C24H25N5O2S/c1-17-14-19(6-7-25-17)18-2-4-20(5-3-18)29-16-21(15-22(29)30)27-9-11-28(12-10-27)24(31)23-26-8-13-32-23/h2-8,13-14,21H,9-12,15-16H2,1H3. The molecule has 1 aromatic carbocycles. The zero-order valence-electron chi connectivity index (χ0n) is 18.0. The van der Waals surface area contributed by atoms with E-state index in [2.05, 4.69) is 33.1 Å². The monoisotopic (exact) mass is 447 g/mol. The third kappa shape index (κ3) is 4.16. The van der Waals surface area contributed by atoms with Crippen molar-refractivity contribution >= 4 is 28.8 Å². The molecule has 0 saturated carbocycles. The van der Waals surface area contributed by atoms with Crippen LogP contribution in [0.4, 0.5) is 5.69 Å². The average molecular weight is 448 g/mol. The SMILES string of the molecule is Cc1cc(-c2ccc(N3CC(N4CCN(C(=O)c5nccs5)CC4)CC3=O)cc2)ccn1. The zero-order valence-corrected chi connectivity index (χ0v) is 18.8. The van der Waals surface area contributed by atoms with Gasteiger partial charge in [0.05, 0.1) is 0 Å². The van der Waals surface area contributed by atoms with Crippen LogP contribution in [-0.4, -0.2) is 70.3 Å². The first-order valence-corrected chi connectivity index (χ1v) is 11.7. The molecule has 2 fully saturated rings. The smallest absolute Gasteiger partial charge is 0.282 e. The van der Waals surface area contributed by atoms with Crippen molar-refractivity contribution in [1.29, 1.82) is 0 Å². The fourth-order valence-electron chi connectivity index (χ4n) is 4.50. The summed E-state index contributed by atoms with van der Waals surface area (Å²) in [5.41, 5.74) is 4.16. The molecular weight excluding hydrogens is 422 g/mol. The quantitative estimate of drug-likeness (QED) is 0.615. The van der Waals surface area contributed by atoms with E-state index in [0.29, 0.717) is 31.1 Å². The van der Waals surface area contributed by atoms with E-state index in [4.69, 9.17) is 0 Å². The highest BCUT2D eigenvalue weighted by Crippen LogP contribution is 2.28. The van der Waals surface area contributed by atoms with E-state index in [1.807, 2.05) is 46.5 Å². The van der Waals surface area contributed by atoms with E-state index >= 15 is 0 Å². The molecule has 8 heteroatoms. The second-order valence-corrected chi connectivity index (χ2v) is 9.16. The molecule has 2 saturated heterocycles. The Balaban J connectivity index is 1.21. The summed E-state index contributed by atoms with van der Waals surface area (Å²) >= 11 is 1.38. The minimum atomic E-state index is 0.00764. The second-order valence-electron chi connectivity index (χ2n) is 8.26. The molecule has 0 spiro atoms. The van der Waals surface area contributed by atoms with Crippen LogP contribution in [0, 0.1) is 6.92 Å². The number of hydrogen-bond acceptors (Lipinski definition) is 6. The molecule has 0 radical (unpaired) electrons. The number of rotatable bonds is 4. The molecular formula is C24H25N5O2S. The van der Waals surface area contributed by atoms with Crippen molar-refractivity contribution in [2.75, 3.05) is 37.6 Å². The lowest BCUT2D eigenvalue weighted by Gasteiger charge is -2.37. The van der Waals surface area contributed by atoms with E-state index in [1.165, 1.54) is 11.3 Å². The van der Waals surface area contributed by atoms with Crippen molar-refractivity contribution in [2.45, 2.75) is 19.4 Å². The van der Waals surface area contributed by atoms with Crippen LogP contribution in [-0.2, 0) is 4.79 Å². The van der Waals surface area contributed by atoms with Crippen molar-refractivity contribution in [3.05, 3.63) is 64.9 Å². The van der Waals surface area contributed by atoms with Gasteiger partial charge in [0, 0.05) is 74.3 Å². The summed E-state index contributed by atoms with van der Waals surface area (Å²) in [7, 11) is 0. The van der Waals surface area contributed by atoms with Crippen LogP contribution in [0.2, 0.25) is 0 Å². The van der Waals surface area contributed by atoms with Gasteiger partial charge in [-0.2, -0.15) is 0 Å². The van der Waals surface area contributed by atoms with Crippen LogP contribution < -0.4 is 4.90 Å². The van der Waals surface area contributed by atoms with Gasteiger partial charge in [0.15, 0.2) is 5.01 Å². The van der Waals surface area contributed by atoms with Crippen molar-refractivity contribution in [3.8, 4) is 11.1 Å². The number of piperazine rings is 1. The number of aromatic nitrogens is 2.